The summed E-state index contributed by atoms with van der Waals surface area (Å²) in [6.45, 7) is 0. The van der Waals surface area contributed by atoms with E-state index in [0.717, 1.165) is 21.7 Å². The van der Waals surface area contributed by atoms with E-state index in [1.807, 2.05) is 29.6 Å². The molecular weight excluding hydrogens is 363 g/mol. The summed E-state index contributed by atoms with van der Waals surface area (Å²) in [6, 6.07) is 11.8. The second-order valence-corrected chi connectivity index (χ2v) is 7.11. The summed E-state index contributed by atoms with van der Waals surface area (Å²) in [5.74, 6) is -0.0831. The van der Waals surface area contributed by atoms with Crippen molar-refractivity contribution >= 4 is 46.1 Å². The van der Waals surface area contributed by atoms with Crippen LogP contribution in [0.4, 0.5) is 5.82 Å². The molecule has 0 amide bonds. The molecule has 0 fully saturated rings. The molecule has 0 aliphatic carbocycles. The van der Waals surface area contributed by atoms with Gasteiger partial charge in [-0.05, 0) is 23.1 Å². The number of fused-ring (bicyclic) bond motifs is 1. The molecule has 1 N–H and O–H groups in total. The van der Waals surface area contributed by atoms with Gasteiger partial charge in [-0.15, -0.1) is 11.3 Å². The molecular formula is C17H10Cl2N4S. The maximum Gasteiger partial charge on any atom is 0.152 e. The molecule has 0 saturated heterocycles. The Hall–Kier alpha value is -2.13. The van der Waals surface area contributed by atoms with Crippen molar-refractivity contribution in [2.24, 2.45) is 10.9 Å². The lowest BCUT2D eigenvalue weighted by atomic mass is 9.77. The smallest absolute Gasteiger partial charge is 0.152 e. The third-order valence-corrected chi connectivity index (χ3v) is 5.80. The fraction of sp³-hybridized carbons (Fsp3) is 0.118. The number of thiophene rings is 1. The van der Waals surface area contributed by atoms with Crippen molar-refractivity contribution in [1.29, 1.82) is 5.26 Å². The highest BCUT2D eigenvalue weighted by Gasteiger charge is 2.38. The second kappa shape index (κ2) is 6.06. The topological polar surface area (TPSA) is 64.8 Å². The van der Waals surface area contributed by atoms with Gasteiger partial charge in [0, 0.05) is 16.4 Å². The fourth-order valence-electron chi connectivity index (χ4n) is 3.01. The van der Waals surface area contributed by atoms with Gasteiger partial charge in [0.1, 0.15) is 5.92 Å². The lowest BCUT2D eigenvalue weighted by Gasteiger charge is -2.27. The van der Waals surface area contributed by atoms with Gasteiger partial charge in [0.15, 0.2) is 5.82 Å². The highest BCUT2D eigenvalue weighted by atomic mass is 35.5. The predicted octanol–water partition coefficient (Wildman–Crippen LogP) is 5.18. The molecule has 0 bridgehead atoms. The first-order chi connectivity index (χ1) is 11.7. The Morgan fingerprint density at radius 3 is 2.79 bits per heavy atom. The standard InChI is InChI=1S/C17H10Cl2N4S/c18-12-4-1-3-9(15(12)19)14-10(7-20)16(13-5-2-6-24-13)22-17-11(14)8-21-23-17/h1-6,8,10,14H,(H,21,23). The fourth-order valence-corrected chi connectivity index (χ4v) is 4.19. The summed E-state index contributed by atoms with van der Waals surface area (Å²) in [7, 11) is 0. The number of nitrogens with zero attached hydrogens (tertiary/aromatic N) is 3. The molecule has 4 rings (SSSR count). The summed E-state index contributed by atoms with van der Waals surface area (Å²) in [4.78, 5) is 5.60. The zero-order chi connectivity index (χ0) is 16.7. The van der Waals surface area contributed by atoms with Gasteiger partial charge in [-0.25, -0.2) is 4.99 Å². The molecule has 0 saturated carbocycles. The monoisotopic (exact) mass is 372 g/mol. The summed E-state index contributed by atoms with van der Waals surface area (Å²) >= 11 is 14.2. The third-order valence-electron chi connectivity index (χ3n) is 4.07. The van der Waals surface area contributed by atoms with Crippen molar-refractivity contribution in [3.8, 4) is 6.07 Å². The van der Waals surface area contributed by atoms with E-state index in [0.29, 0.717) is 15.9 Å². The molecule has 3 heterocycles. The molecule has 2 atom stereocenters. The molecule has 24 heavy (non-hydrogen) atoms. The van der Waals surface area contributed by atoms with Crippen molar-refractivity contribution in [2.45, 2.75) is 5.92 Å². The Labute approximate surface area is 152 Å². The quantitative estimate of drug-likeness (QED) is 0.672. The molecule has 7 heteroatoms. The Morgan fingerprint density at radius 1 is 1.17 bits per heavy atom. The first-order valence-corrected chi connectivity index (χ1v) is 8.83. The van der Waals surface area contributed by atoms with Crippen molar-refractivity contribution < 1.29 is 0 Å². The van der Waals surface area contributed by atoms with Crippen molar-refractivity contribution in [1.82, 2.24) is 10.2 Å². The van der Waals surface area contributed by atoms with E-state index < -0.39 is 5.92 Å². The van der Waals surface area contributed by atoms with E-state index in [4.69, 9.17) is 23.2 Å². The van der Waals surface area contributed by atoms with Crippen LogP contribution in [-0.2, 0) is 0 Å². The molecule has 1 aliphatic rings. The van der Waals surface area contributed by atoms with Crippen LogP contribution in [0.2, 0.25) is 10.0 Å². The molecule has 2 aromatic heterocycles. The second-order valence-electron chi connectivity index (χ2n) is 5.38. The van der Waals surface area contributed by atoms with E-state index >= 15 is 0 Å². The van der Waals surface area contributed by atoms with Crippen molar-refractivity contribution in [2.75, 3.05) is 0 Å². The molecule has 3 aromatic rings. The highest BCUT2D eigenvalue weighted by Crippen LogP contribution is 2.45. The Kier molecular flexibility index (Phi) is 3.89. The van der Waals surface area contributed by atoms with Crippen LogP contribution in [0.5, 0.6) is 0 Å². The highest BCUT2D eigenvalue weighted by molar-refractivity contribution is 7.12. The number of aromatic amines is 1. The molecule has 1 aliphatic heterocycles. The molecule has 0 spiro atoms. The van der Waals surface area contributed by atoms with Crippen LogP contribution in [0.3, 0.4) is 0 Å². The van der Waals surface area contributed by atoms with Crippen LogP contribution in [-0.4, -0.2) is 15.9 Å². The lowest BCUT2D eigenvalue weighted by molar-refractivity contribution is 0.720. The van der Waals surface area contributed by atoms with Gasteiger partial charge in [0.25, 0.3) is 0 Å². The Bertz CT molecular complexity index is 969. The van der Waals surface area contributed by atoms with Crippen LogP contribution in [0.25, 0.3) is 0 Å². The van der Waals surface area contributed by atoms with Crippen LogP contribution < -0.4 is 0 Å². The number of halogens is 2. The van der Waals surface area contributed by atoms with E-state index in [1.165, 1.54) is 0 Å². The molecule has 118 valence electrons. The minimum atomic E-state index is -0.468. The Morgan fingerprint density at radius 2 is 2.04 bits per heavy atom. The maximum atomic E-state index is 9.88. The number of nitriles is 1. The minimum absolute atomic E-state index is 0.274. The van der Waals surface area contributed by atoms with Gasteiger partial charge in [-0.2, -0.15) is 10.4 Å². The first-order valence-electron chi connectivity index (χ1n) is 7.20. The number of hydrogen-bond donors (Lipinski definition) is 1. The van der Waals surface area contributed by atoms with E-state index in [-0.39, 0.29) is 5.92 Å². The zero-order valence-corrected chi connectivity index (χ0v) is 14.5. The average Bonchev–Trinajstić information content (AvgIpc) is 3.26. The van der Waals surface area contributed by atoms with Crippen LogP contribution in [0.1, 0.15) is 21.9 Å². The third kappa shape index (κ3) is 2.35. The largest absolute Gasteiger partial charge is 0.261 e. The number of hydrogen-bond acceptors (Lipinski definition) is 4. The normalized spacial score (nSPS) is 19.5. The van der Waals surface area contributed by atoms with Gasteiger partial charge in [0.2, 0.25) is 0 Å². The van der Waals surface area contributed by atoms with Gasteiger partial charge < -0.3 is 0 Å². The SMILES string of the molecule is N#CC1C(c2cccs2)=Nc2[nH]ncc2C1c1cccc(Cl)c1Cl. The maximum absolute atomic E-state index is 9.88. The average molecular weight is 373 g/mol. The lowest BCUT2D eigenvalue weighted by Crippen LogP contribution is -2.25. The zero-order valence-electron chi connectivity index (χ0n) is 12.2. The van der Waals surface area contributed by atoms with E-state index in [2.05, 4.69) is 21.3 Å². The van der Waals surface area contributed by atoms with Gasteiger partial charge in [0.05, 0.1) is 28.0 Å². The Balaban J connectivity index is 1.95. The summed E-state index contributed by atoms with van der Waals surface area (Å²) in [5, 5.41) is 19.8. The van der Waals surface area contributed by atoms with Crippen LogP contribution in [0, 0.1) is 17.2 Å². The number of H-pyrrole nitrogens is 1. The number of aliphatic imine (C=N–C) groups is 1. The molecule has 0 radical (unpaired) electrons. The molecule has 2 unspecified atom stereocenters. The number of rotatable bonds is 2. The molecule has 4 nitrogen and oxygen atoms in total. The van der Waals surface area contributed by atoms with Gasteiger partial charge in [-0.1, -0.05) is 41.4 Å². The predicted molar refractivity (Wildman–Crippen MR) is 96.5 cm³/mol. The number of nitrogens with one attached hydrogen (secondary N) is 1. The van der Waals surface area contributed by atoms with Crippen molar-refractivity contribution in [3.05, 3.63) is 68.0 Å². The summed E-state index contributed by atoms with van der Waals surface area (Å²) in [6.07, 6.45) is 1.70. The summed E-state index contributed by atoms with van der Waals surface area (Å²) in [5.41, 5.74) is 2.39. The molecule has 1 aromatic carbocycles. The van der Waals surface area contributed by atoms with Crippen LogP contribution in [0.15, 0.2) is 46.9 Å². The van der Waals surface area contributed by atoms with Gasteiger partial charge >= 0.3 is 0 Å². The van der Waals surface area contributed by atoms with Crippen LogP contribution >= 0.6 is 34.5 Å². The summed E-state index contributed by atoms with van der Waals surface area (Å²) < 4.78 is 0. The minimum Gasteiger partial charge on any atom is -0.261 e. The van der Waals surface area contributed by atoms with Crippen molar-refractivity contribution in [3.63, 3.8) is 0 Å². The van der Waals surface area contributed by atoms with E-state index in [9.17, 15) is 5.26 Å². The first kappa shape index (κ1) is 15.4. The van der Waals surface area contributed by atoms with E-state index in [1.54, 1.807) is 23.6 Å². The number of aromatic nitrogens is 2. The number of benzene rings is 1. The van der Waals surface area contributed by atoms with Gasteiger partial charge in [-0.3, -0.25) is 5.10 Å².